The third kappa shape index (κ3) is 2.51. The number of ether oxygens (including phenoxy) is 1. The second kappa shape index (κ2) is 4.67. The molecular weight excluding hydrogens is 186 g/mol. The quantitative estimate of drug-likeness (QED) is 0.827. The predicted octanol–water partition coefficient (Wildman–Crippen LogP) is 2.76. The Kier molecular flexibility index (Phi) is 3.75. The lowest BCUT2D eigenvalue weighted by atomic mass is 9.90. The molecule has 0 heterocycles. The summed E-state index contributed by atoms with van der Waals surface area (Å²) in [5.41, 5.74) is 9.67. The number of methoxy groups -OCH3 is 1. The molecule has 1 aromatic rings. The molecule has 2 unspecified atom stereocenters. The summed E-state index contributed by atoms with van der Waals surface area (Å²) in [4.78, 5) is 0. The van der Waals surface area contributed by atoms with Gasteiger partial charge >= 0.3 is 0 Å². The highest BCUT2D eigenvalue weighted by Crippen LogP contribution is 2.28. The van der Waals surface area contributed by atoms with E-state index in [0.717, 1.165) is 5.75 Å². The molecule has 0 saturated heterocycles. The number of nitrogens with two attached hydrogens (primary N) is 1. The molecule has 2 N–H and O–H groups in total. The Morgan fingerprint density at radius 1 is 1.13 bits per heavy atom. The van der Waals surface area contributed by atoms with Gasteiger partial charge in [-0.1, -0.05) is 13.0 Å². The first-order chi connectivity index (χ1) is 6.97. The maximum absolute atomic E-state index is 5.93. The lowest BCUT2D eigenvalue weighted by Gasteiger charge is -2.20. The molecule has 0 radical (unpaired) electrons. The van der Waals surface area contributed by atoms with Gasteiger partial charge in [0.15, 0.2) is 0 Å². The molecule has 0 fully saturated rings. The standard InChI is InChI=1S/C13H21NO/c1-8-7-13(15-5)9(2)6-12(8)10(3)11(4)14/h6-7,10-11H,14H2,1-5H3. The van der Waals surface area contributed by atoms with Crippen LogP contribution in [-0.4, -0.2) is 13.2 Å². The van der Waals surface area contributed by atoms with Gasteiger partial charge in [-0.15, -0.1) is 0 Å². The van der Waals surface area contributed by atoms with Crippen LogP contribution in [0.25, 0.3) is 0 Å². The fourth-order valence-corrected chi connectivity index (χ4v) is 1.81. The van der Waals surface area contributed by atoms with E-state index < -0.39 is 0 Å². The highest BCUT2D eigenvalue weighted by molar-refractivity contribution is 5.43. The normalized spacial score (nSPS) is 14.8. The van der Waals surface area contributed by atoms with E-state index in [4.69, 9.17) is 10.5 Å². The van der Waals surface area contributed by atoms with Crippen molar-refractivity contribution in [1.82, 2.24) is 0 Å². The summed E-state index contributed by atoms with van der Waals surface area (Å²) in [5, 5.41) is 0. The molecular formula is C13H21NO. The molecule has 0 aliphatic carbocycles. The van der Waals surface area contributed by atoms with E-state index in [1.807, 2.05) is 6.92 Å². The van der Waals surface area contributed by atoms with Crippen molar-refractivity contribution in [2.45, 2.75) is 39.7 Å². The predicted molar refractivity (Wildman–Crippen MR) is 64.5 cm³/mol. The summed E-state index contributed by atoms with van der Waals surface area (Å²) in [6, 6.07) is 4.45. The van der Waals surface area contributed by atoms with Crippen molar-refractivity contribution in [2.75, 3.05) is 7.11 Å². The van der Waals surface area contributed by atoms with Gasteiger partial charge in [0.2, 0.25) is 0 Å². The summed E-state index contributed by atoms with van der Waals surface area (Å²) in [5.74, 6) is 1.34. The summed E-state index contributed by atoms with van der Waals surface area (Å²) in [7, 11) is 1.70. The smallest absolute Gasteiger partial charge is 0.122 e. The van der Waals surface area contributed by atoms with E-state index in [9.17, 15) is 0 Å². The summed E-state index contributed by atoms with van der Waals surface area (Å²) >= 11 is 0. The molecule has 2 nitrogen and oxygen atoms in total. The van der Waals surface area contributed by atoms with Gasteiger partial charge in [0.25, 0.3) is 0 Å². The summed E-state index contributed by atoms with van der Waals surface area (Å²) in [6.45, 7) is 8.38. The molecule has 0 aromatic heterocycles. The van der Waals surface area contributed by atoms with Crippen molar-refractivity contribution in [3.8, 4) is 5.75 Å². The van der Waals surface area contributed by atoms with Crippen LogP contribution in [0.15, 0.2) is 12.1 Å². The molecule has 0 bridgehead atoms. The SMILES string of the molecule is COc1cc(C)c(C(C)C(C)N)cc1C. The van der Waals surface area contributed by atoms with Gasteiger partial charge < -0.3 is 10.5 Å². The van der Waals surface area contributed by atoms with Gasteiger partial charge in [-0.05, 0) is 49.4 Å². The average molecular weight is 207 g/mol. The number of hydrogen-bond donors (Lipinski definition) is 1. The lowest BCUT2D eigenvalue weighted by molar-refractivity contribution is 0.411. The number of aryl methyl sites for hydroxylation is 2. The van der Waals surface area contributed by atoms with E-state index in [1.165, 1.54) is 16.7 Å². The van der Waals surface area contributed by atoms with Crippen LogP contribution in [0, 0.1) is 13.8 Å². The summed E-state index contributed by atoms with van der Waals surface area (Å²) in [6.07, 6.45) is 0. The van der Waals surface area contributed by atoms with E-state index in [2.05, 4.69) is 32.9 Å². The van der Waals surface area contributed by atoms with E-state index >= 15 is 0 Å². The van der Waals surface area contributed by atoms with Crippen molar-refractivity contribution in [1.29, 1.82) is 0 Å². The fraction of sp³-hybridized carbons (Fsp3) is 0.538. The third-order valence-electron chi connectivity index (χ3n) is 3.06. The van der Waals surface area contributed by atoms with Crippen LogP contribution >= 0.6 is 0 Å². The third-order valence-corrected chi connectivity index (χ3v) is 3.06. The zero-order valence-electron chi connectivity index (χ0n) is 10.3. The van der Waals surface area contributed by atoms with Gasteiger partial charge in [-0.2, -0.15) is 0 Å². The van der Waals surface area contributed by atoms with Crippen LogP contribution in [0.1, 0.15) is 36.5 Å². The van der Waals surface area contributed by atoms with Crippen molar-refractivity contribution in [3.05, 3.63) is 28.8 Å². The van der Waals surface area contributed by atoms with Crippen LogP contribution in [0.3, 0.4) is 0 Å². The van der Waals surface area contributed by atoms with Crippen LogP contribution in [-0.2, 0) is 0 Å². The van der Waals surface area contributed by atoms with Gasteiger partial charge in [0.1, 0.15) is 5.75 Å². The van der Waals surface area contributed by atoms with E-state index in [0.29, 0.717) is 5.92 Å². The Morgan fingerprint density at radius 2 is 1.73 bits per heavy atom. The molecule has 1 aromatic carbocycles. The maximum atomic E-state index is 5.93. The lowest BCUT2D eigenvalue weighted by Crippen LogP contribution is -2.23. The Bertz CT molecular complexity index is 345. The van der Waals surface area contributed by atoms with Crippen molar-refractivity contribution in [2.24, 2.45) is 5.73 Å². The minimum absolute atomic E-state index is 0.177. The minimum Gasteiger partial charge on any atom is -0.496 e. The van der Waals surface area contributed by atoms with E-state index in [-0.39, 0.29) is 6.04 Å². The van der Waals surface area contributed by atoms with Crippen molar-refractivity contribution in [3.63, 3.8) is 0 Å². The molecule has 0 aliphatic heterocycles. The van der Waals surface area contributed by atoms with Crippen LogP contribution < -0.4 is 10.5 Å². The van der Waals surface area contributed by atoms with Gasteiger partial charge in [0.05, 0.1) is 7.11 Å². The molecule has 15 heavy (non-hydrogen) atoms. The molecule has 0 saturated carbocycles. The fourth-order valence-electron chi connectivity index (χ4n) is 1.81. The second-order valence-electron chi connectivity index (χ2n) is 4.33. The van der Waals surface area contributed by atoms with Crippen LogP contribution in [0.5, 0.6) is 5.75 Å². The van der Waals surface area contributed by atoms with Gasteiger partial charge in [-0.25, -0.2) is 0 Å². The Hall–Kier alpha value is -1.02. The van der Waals surface area contributed by atoms with Crippen molar-refractivity contribution < 1.29 is 4.74 Å². The Balaban J connectivity index is 3.15. The first-order valence-corrected chi connectivity index (χ1v) is 5.38. The topological polar surface area (TPSA) is 35.2 Å². The Morgan fingerprint density at radius 3 is 2.20 bits per heavy atom. The first kappa shape index (κ1) is 12.1. The maximum Gasteiger partial charge on any atom is 0.122 e. The Labute approximate surface area is 92.4 Å². The number of rotatable bonds is 3. The number of hydrogen-bond acceptors (Lipinski definition) is 2. The average Bonchev–Trinajstić information content (AvgIpc) is 2.19. The van der Waals surface area contributed by atoms with Crippen LogP contribution in [0.2, 0.25) is 0 Å². The molecule has 0 spiro atoms. The molecule has 0 amide bonds. The highest BCUT2D eigenvalue weighted by atomic mass is 16.5. The zero-order chi connectivity index (χ0) is 11.6. The van der Waals surface area contributed by atoms with Gasteiger partial charge in [0, 0.05) is 6.04 Å². The minimum atomic E-state index is 0.177. The van der Waals surface area contributed by atoms with Crippen molar-refractivity contribution >= 4 is 0 Å². The highest BCUT2D eigenvalue weighted by Gasteiger charge is 2.14. The molecule has 2 heteroatoms. The van der Waals surface area contributed by atoms with Crippen LogP contribution in [0.4, 0.5) is 0 Å². The zero-order valence-corrected chi connectivity index (χ0v) is 10.3. The molecule has 2 atom stereocenters. The molecule has 84 valence electrons. The second-order valence-corrected chi connectivity index (χ2v) is 4.33. The van der Waals surface area contributed by atoms with Gasteiger partial charge in [-0.3, -0.25) is 0 Å². The first-order valence-electron chi connectivity index (χ1n) is 5.38. The monoisotopic (exact) mass is 207 g/mol. The van der Waals surface area contributed by atoms with E-state index in [1.54, 1.807) is 7.11 Å². The largest absolute Gasteiger partial charge is 0.496 e. The molecule has 1 rings (SSSR count). The summed E-state index contributed by atoms with van der Waals surface area (Å²) < 4.78 is 5.29. The molecule has 0 aliphatic rings. The number of benzene rings is 1.